The molecule has 1 heterocycles. The van der Waals surface area contributed by atoms with Gasteiger partial charge in [0.1, 0.15) is 11.8 Å². The third-order valence-electron chi connectivity index (χ3n) is 2.14. The molecule has 1 N–H and O–H groups in total. The van der Waals surface area contributed by atoms with Crippen molar-refractivity contribution in [3.63, 3.8) is 0 Å². The predicted octanol–water partition coefficient (Wildman–Crippen LogP) is 3.81. The maximum atomic E-state index is 9.34. The summed E-state index contributed by atoms with van der Waals surface area (Å²) in [5.74, 6) is 0.432. The van der Waals surface area contributed by atoms with E-state index in [2.05, 4.69) is 21.1 Å². The molecule has 0 aliphatic heterocycles. The maximum Gasteiger partial charge on any atom is 0.165 e. The average molecular weight is 303 g/mol. The molecule has 1 unspecified atom stereocenters. The van der Waals surface area contributed by atoms with Gasteiger partial charge in [0, 0.05) is 21.1 Å². The lowest BCUT2D eigenvalue weighted by Crippen LogP contribution is -1.85. The lowest BCUT2D eigenvalue weighted by Gasteiger charge is -2.00. The molecule has 0 saturated heterocycles. The fourth-order valence-corrected chi connectivity index (χ4v) is 1.93. The molecule has 3 nitrogen and oxygen atoms in total. The Labute approximate surface area is 106 Å². The van der Waals surface area contributed by atoms with Crippen molar-refractivity contribution in [2.45, 2.75) is 13.0 Å². The molecule has 0 saturated carbocycles. The van der Waals surface area contributed by atoms with Crippen molar-refractivity contribution in [1.82, 2.24) is 5.16 Å². The quantitative estimate of drug-likeness (QED) is 0.917. The molecule has 5 heteroatoms. The molecule has 0 aliphatic rings. The number of benzene rings is 1. The highest BCUT2D eigenvalue weighted by Crippen LogP contribution is 2.31. The number of rotatable bonds is 2. The molecular weight excluding hydrogens is 293 g/mol. The van der Waals surface area contributed by atoms with E-state index in [0.29, 0.717) is 16.5 Å². The molecule has 16 heavy (non-hydrogen) atoms. The average Bonchev–Trinajstić information content (AvgIpc) is 2.70. The van der Waals surface area contributed by atoms with Gasteiger partial charge in [0.25, 0.3) is 0 Å². The minimum absolute atomic E-state index is 0.432. The molecule has 2 rings (SSSR count). The van der Waals surface area contributed by atoms with E-state index in [-0.39, 0.29) is 0 Å². The van der Waals surface area contributed by atoms with Gasteiger partial charge < -0.3 is 9.63 Å². The van der Waals surface area contributed by atoms with Gasteiger partial charge in [-0.1, -0.05) is 32.7 Å². The monoisotopic (exact) mass is 301 g/mol. The Balaban J connectivity index is 2.46. The zero-order valence-electron chi connectivity index (χ0n) is 8.45. The summed E-state index contributed by atoms with van der Waals surface area (Å²) in [6.45, 7) is 1.62. The number of hydrogen-bond acceptors (Lipinski definition) is 3. The van der Waals surface area contributed by atoms with Crippen LogP contribution in [0.5, 0.6) is 0 Å². The summed E-state index contributed by atoms with van der Waals surface area (Å²) in [4.78, 5) is 0. The Morgan fingerprint density at radius 2 is 2.19 bits per heavy atom. The van der Waals surface area contributed by atoms with Gasteiger partial charge in [0.15, 0.2) is 5.76 Å². The van der Waals surface area contributed by atoms with Crippen molar-refractivity contribution < 1.29 is 9.63 Å². The maximum absolute atomic E-state index is 9.34. The minimum Gasteiger partial charge on any atom is -0.385 e. The van der Waals surface area contributed by atoms with Crippen molar-refractivity contribution in [2.75, 3.05) is 0 Å². The first-order valence-corrected chi connectivity index (χ1v) is 5.85. The zero-order valence-corrected chi connectivity index (χ0v) is 10.8. The lowest BCUT2D eigenvalue weighted by molar-refractivity contribution is 0.158. The molecule has 2 aromatic rings. The third-order valence-corrected chi connectivity index (χ3v) is 3.07. The molecule has 0 amide bonds. The highest BCUT2D eigenvalue weighted by Gasteiger charge is 2.12. The van der Waals surface area contributed by atoms with E-state index in [0.717, 1.165) is 10.0 Å². The molecule has 84 valence electrons. The Morgan fingerprint density at radius 1 is 1.44 bits per heavy atom. The smallest absolute Gasteiger partial charge is 0.165 e. The first kappa shape index (κ1) is 11.6. The molecule has 0 bridgehead atoms. The summed E-state index contributed by atoms with van der Waals surface area (Å²) >= 11 is 9.32. The van der Waals surface area contributed by atoms with Crippen molar-refractivity contribution in [2.24, 2.45) is 0 Å². The fourth-order valence-electron chi connectivity index (χ4n) is 1.31. The van der Waals surface area contributed by atoms with Gasteiger partial charge in [-0.15, -0.1) is 0 Å². The summed E-state index contributed by atoms with van der Waals surface area (Å²) in [5, 5.41) is 13.8. The lowest BCUT2D eigenvalue weighted by atomic mass is 10.1. The molecule has 1 atom stereocenters. The Hall–Kier alpha value is -0.840. The van der Waals surface area contributed by atoms with Gasteiger partial charge in [-0.25, -0.2) is 0 Å². The molecule has 0 radical (unpaired) electrons. The van der Waals surface area contributed by atoms with Crippen LogP contribution in [0.1, 0.15) is 18.8 Å². The Kier molecular flexibility index (Phi) is 3.33. The van der Waals surface area contributed by atoms with Crippen LogP contribution in [0.4, 0.5) is 0 Å². The summed E-state index contributed by atoms with van der Waals surface area (Å²) < 4.78 is 5.89. The number of hydrogen-bond donors (Lipinski definition) is 1. The third kappa shape index (κ3) is 2.29. The first-order chi connectivity index (χ1) is 7.58. The van der Waals surface area contributed by atoms with Crippen LogP contribution in [-0.2, 0) is 0 Å². The van der Waals surface area contributed by atoms with Crippen molar-refractivity contribution in [3.8, 4) is 11.3 Å². The van der Waals surface area contributed by atoms with Gasteiger partial charge in [0.2, 0.25) is 0 Å². The predicted molar refractivity (Wildman–Crippen MR) is 65.3 cm³/mol. The van der Waals surface area contributed by atoms with Crippen LogP contribution >= 0.6 is 27.5 Å². The largest absolute Gasteiger partial charge is 0.385 e. The second kappa shape index (κ2) is 4.57. The zero-order chi connectivity index (χ0) is 11.7. The number of halogens is 2. The van der Waals surface area contributed by atoms with Gasteiger partial charge in [0.05, 0.1) is 0 Å². The highest BCUT2D eigenvalue weighted by atomic mass is 79.9. The Bertz CT molecular complexity index is 510. The van der Waals surface area contributed by atoms with Crippen LogP contribution in [0, 0.1) is 0 Å². The van der Waals surface area contributed by atoms with E-state index in [1.165, 1.54) is 0 Å². The minimum atomic E-state index is -0.667. The Morgan fingerprint density at radius 3 is 2.81 bits per heavy atom. The fraction of sp³-hybridized carbons (Fsp3) is 0.182. The van der Waals surface area contributed by atoms with Gasteiger partial charge in [-0.05, 0) is 25.1 Å². The summed E-state index contributed by atoms with van der Waals surface area (Å²) in [6.07, 6.45) is -0.667. The topological polar surface area (TPSA) is 46.3 Å². The van der Waals surface area contributed by atoms with E-state index in [1.807, 2.05) is 6.07 Å². The van der Waals surface area contributed by atoms with Gasteiger partial charge in [-0.3, -0.25) is 0 Å². The molecule has 0 fully saturated rings. The highest BCUT2D eigenvalue weighted by molar-refractivity contribution is 9.10. The van der Waals surface area contributed by atoms with Crippen molar-refractivity contribution >= 4 is 27.5 Å². The van der Waals surface area contributed by atoms with Crippen LogP contribution < -0.4 is 0 Å². The summed E-state index contributed by atoms with van der Waals surface area (Å²) in [6, 6.07) is 7.11. The van der Waals surface area contributed by atoms with Crippen LogP contribution in [0.2, 0.25) is 5.02 Å². The molecular formula is C11H9BrClNO2. The van der Waals surface area contributed by atoms with E-state index in [1.54, 1.807) is 25.1 Å². The number of aliphatic hydroxyl groups is 1. The van der Waals surface area contributed by atoms with Crippen molar-refractivity contribution in [1.29, 1.82) is 0 Å². The van der Waals surface area contributed by atoms with E-state index in [9.17, 15) is 5.11 Å². The normalized spacial score (nSPS) is 12.8. The molecule has 0 aliphatic carbocycles. The standard InChI is InChI=1S/C11H9BrClNO2/c1-6(15)11-5-10(14-16-11)8-4-7(13)2-3-9(8)12/h2-6,15H,1H3. The number of nitrogens with zero attached hydrogens (tertiary/aromatic N) is 1. The first-order valence-electron chi connectivity index (χ1n) is 4.68. The van der Waals surface area contributed by atoms with Gasteiger partial charge >= 0.3 is 0 Å². The van der Waals surface area contributed by atoms with E-state index in [4.69, 9.17) is 16.1 Å². The molecule has 1 aromatic carbocycles. The second-order valence-electron chi connectivity index (χ2n) is 3.41. The van der Waals surface area contributed by atoms with E-state index >= 15 is 0 Å². The van der Waals surface area contributed by atoms with Crippen LogP contribution in [0.25, 0.3) is 11.3 Å². The second-order valence-corrected chi connectivity index (χ2v) is 4.71. The number of aromatic nitrogens is 1. The molecule has 0 spiro atoms. The van der Waals surface area contributed by atoms with Crippen LogP contribution in [-0.4, -0.2) is 10.3 Å². The summed E-state index contributed by atoms with van der Waals surface area (Å²) in [7, 11) is 0. The van der Waals surface area contributed by atoms with Gasteiger partial charge in [-0.2, -0.15) is 0 Å². The number of aliphatic hydroxyl groups excluding tert-OH is 1. The van der Waals surface area contributed by atoms with Crippen LogP contribution in [0.15, 0.2) is 33.3 Å². The van der Waals surface area contributed by atoms with Crippen molar-refractivity contribution in [3.05, 3.63) is 39.5 Å². The van der Waals surface area contributed by atoms with Crippen LogP contribution in [0.3, 0.4) is 0 Å². The summed E-state index contributed by atoms with van der Waals surface area (Å²) in [5.41, 5.74) is 1.48. The molecule has 1 aromatic heterocycles. The van der Waals surface area contributed by atoms with E-state index < -0.39 is 6.10 Å². The SMILES string of the molecule is CC(O)c1cc(-c2cc(Cl)ccc2Br)no1.